The van der Waals surface area contributed by atoms with Crippen molar-refractivity contribution in [1.29, 1.82) is 0 Å². The van der Waals surface area contributed by atoms with E-state index < -0.39 is 0 Å². The van der Waals surface area contributed by atoms with Crippen LogP contribution in [0.2, 0.25) is 0 Å². The highest BCUT2D eigenvalue weighted by Gasteiger charge is 2.00. The number of carbonyl (C=O) groups excluding carboxylic acids is 1. The van der Waals surface area contributed by atoms with Crippen molar-refractivity contribution in [3.8, 4) is 5.75 Å². The van der Waals surface area contributed by atoms with Crippen LogP contribution in [0.5, 0.6) is 5.75 Å². The molecule has 1 rings (SSSR count). The first-order valence-electron chi connectivity index (χ1n) is 5.83. The normalized spacial score (nSPS) is 10.5. The van der Waals surface area contributed by atoms with Crippen LogP contribution in [0.25, 0.3) is 6.08 Å². The zero-order valence-electron chi connectivity index (χ0n) is 10.6. The average Bonchev–Trinajstić information content (AvgIpc) is 2.37. The van der Waals surface area contributed by atoms with E-state index in [-0.39, 0.29) is 5.91 Å². The average molecular weight is 233 g/mol. The molecule has 0 heterocycles. The highest BCUT2D eigenvalue weighted by Crippen LogP contribution is 2.13. The van der Waals surface area contributed by atoms with E-state index in [4.69, 9.17) is 4.74 Å². The van der Waals surface area contributed by atoms with Crippen LogP contribution < -0.4 is 4.74 Å². The summed E-state index contributed by atoms with van der Waals surface area (Å²) in [6, 6.07) is 7.66. The minimum absolute atomic E-state index is 0.0152. The first-order valence-corrected chi connectivity index (χ1v) is 5.83. The van der Waals surface area contributed by atoms with Crippen molar-refractivity contribution in [2.45, 2.75) is 13.8 Å². The lowest BCUT2D eigenvalue weighted by atomic mass is 10.2. The van der Waals surface area contributed by atoms with Crippen LogP contribution in [0.3, 0.4) is 0 Å². The Kier molecular flexibility index (Phi) is 5.27. The maximum absolute atomic E-state index is 11.5. The molecule has 17 heavy (non-hydrogen) atoms. The number of likely N-dealkylation sites (N-methyl/N-ethyl adjacent to an activating group) is 1. The lowest BCUT2D eigenvalue weighted by molar-refractivity contribution is -0.124. The molecule has 0 N–H and O–H groups in total. The molecule has 0 bridgehead atoms. The highest BCUT2D eigenvalue weighted by molar-refractivity contribution is 5.91. The maximum Gasteiger partial charge on any atom is 0.246 e. The molecule has 3 nitrogen and oxygen atoms in total. The van der Waals surface area contributed by atoms with Gasteiger partial charge in [0.1, 0.15) is 5.75 Å². The van der Waals surface area contributed by atoms with Gasteiger partial charge in [0.05, 0.1) is 6.61 Å². The number of carbonyl (C=O) groups is 1. The summed E-state index contributed by atoms with van der Waals surface area (Å²) in [6.45, 7) is 5.27. The zero-order valence-corrected chi connectivity index (χ0v) is 10.6. The Morgan fingerprint density at radius 3 is 2.47 bits per heavy atom. The molecule has 0 atom stereocenters. The van der Waals surface area contributed by atoms with Crippen LogP contribution in [0.4, 0.5) is 0 Å². The van der Waals surface area contributed by atoms with E-state index in [1.165, 1.54) is 0 Å². The minimum atomic E-state index is 0.0152. The van der Waals surface area contributed by atoms with Crippen LogP contribution in [-0.4, -0.2) is 31.0 Å². The molecule has 0 fully saturated rings. The van der Waals surface area contributed by atoms with Gasteiger partial charge >= 0.3 is 0 Å². The van der Waals surface area contributed by atoms with Gasteiger partial charge < -0.3 is 9.64 Å². The van der Waals surface area contributed by atoms with E-state index in [0.29, 0.717) is 13.2 Å². The van der Waals surface area contributed by atoms with E-state index in [9.17, 15) is 4.79 Å². The number of hydrogen-bond acceptors (Lipinski definition) is 2. The van der Waals surface area contributed by atoms with E-state index >= 15 is 0 Å². The summed E-state index contributed by atoms with van der Waals surface area (Å²) < 4.78 is 5.34. The molecule has 92 valence electrons. The number of benzene rings is 1. The molecule has 1 amide bonds. The van der Waals surface area contributed by atoms with E-state index in [2.05, 4.69) is 0 Å². The van der Waals surface area contributed by atoms with Gasteiger partial charge in [-0.3, -0.25) is 4.79 Å². The second-order valence-corrected chi connectivity index (χ2v) is 3.69. The monoisotopic (exact) mass is 233 g/mol. The lowest BCUT2D eigenvalue weighted by Gasteiger charge is -2.10. The van der Waals surface area contributed by atoms with Crippen LogP contribution in [-0.2, 0) is 4.79 Å². The van der Waals surface area contributed by atoms with Crippen molar-refractivity contribution < 1.29 is 9.53 Å². The zero-order chi connectivity index (χ0) is 12.7. The molecule has 0 aliphatic heterocycles. The molecule has 1 aromatic carbocycles. The molecule has 3 heteroatoms. The molecular formula is C14H19NO2. The van der Waals surface area contributed by atoms with Gasteiger partial charge in [-0.2, -0.15) is 0 Å². The van der Waals surface area contributed by atoms with Crippen molar-refractivity contribution in [3.05, 3.63) is 35.9 Å². The maximum atomic E-state index is 11.5. The SMILES string of the molecule is CCOc1ccc(/C=C/C(=O)N(C)CC)cc1. The number of nitrogens with zero attached hydrogens (tertiary/aromatic N) is 1. The molecular weight excluding hydrogens is 214 g/mol. The van der Waals surface area contributed by atoms with Gasteiger partial charge in [-0.1, -0.05) is 12.1 Å². The fourth-order valence-electron chi connectivity index (χ4n) is 1.29. The van der Waals surface area contributed by atoms with Crippen LogP contribution in [0.15, 0.2) is 30.3 Å². The van der Waals surface area contributed by atoms with Gasteiger partial charge in [0.15, 0.2) is 0 Å². The summed E-state index contributed by atoms with van der Waals surface area (Å²) in [4.78, 5) is 13.2. The third kappa shape index (κ3) is 4.31. The molecule has 0 unspecified atom stereocenters. The van der Waals surface area contributed by atoms with Crippen molar-refractivity contribution in [3.63, 3.8) is 0 Å². The summed E-state index contributed by atoms with van der Waals surface area (Å²) in [5.41, 5.74) is 0.992. The Morgan fingerprint density at radius 2 is 1.94 bits per heavy atom. The van der Waals surface area contributed by atoms with E-state index in [1.54, 1.807) is 18.0 Å². The van der Waals surface area contributed by atoms with Crippen LogP contribution in [0.1, 0.15) is 19.4 Å². The van der Waals surface area contributed by atoms with Gasteiger partial charge in [0.25, 0.3) is 0 Å². The predicted octanol–water partition coefficient (Wildman–Crippen LogP) is 2.58. The van der Waals surface area contributed by atoms with Crippen LogP contribution >= 0.6 is 0 Å². The fraction of sp³-hybridized carbons (Fsp3) is 0.357. The van der Waals surface area contributed by atoms with Gasteiger partial charge in [-0.05, 0) is 37.6 Å². The van der Waals surface area contributed by atoms with Gasteiger partial charge in [-0.15, -0.1) is 0 Å². The lowest BCUT2D eigenvalue weighted by Crippen LogP contribution is -2.23. The Labute approximate surface area is 103 Å². The summed E-state index contributed by atoms with van der Waals surface area (Å²) >= 11 is 0. The molecule has 0 radical (unpaired) electrons. The number of ether oxygens (including phenoxy) is 1. The largest absolute Gasteiger partial charge is 0.494 e. The Morgan fingerprint density at radius 1 is 1.29 bits per heavy atom. The van der Waals surface area contributed by atoms with Gasteiger partial charge in [-0.25, -0.2) is 0 Å². The van der Waals surface area contributed by atoms with Crippen LogP contribution in [0, 0.1) is 0 Å². The topological polar surface area (TPSA) is 29.5 Å². The molecule has 0 aliphatic carbocycles. The first kappa shape index (κ1) is 13.3. The standard InChI is InChI=1S/C14H19NO2/c1-4-15(3)14(16)11-8-12-6-9-13(10-7-12)17-5-2/h6-11H,4-5H2,1-3H3/b11-8+. The van der Waals surface area contributed by atoms with Gasteiger partial charge in [0.2, 0.25) is 5.91 Å². The van der Waals surface area contributed by atoms with Crippen molar-refractivity contribution in [2.24, 2.45) is 0 Å². The molecule has 0 aliphatic rings. The summed E-state index contributed by atoms with van der Waals surface area (Å²) in [7, 11) is 1.78. The molecule has 0 saturated heterocycles. The van der Waals surface area contributed by atoms with Crippen molar-refractivity contribution in [1.82, 2.24) is 4.90 Å². The van der Waals surface area contributed by atoms with Crippen molar-refractivity contribution in [2.75, 3.05) is 20.2 Å². The Balaban J connectivity index is 2.62. The Bertz CT molecular complexity index is 382. The molecule has 0 saturated carbocycles. The number of amides is 1. The summed E-state index contributed by atoms with van der Waals surface area (Å²) in [6.07, 6.45) is 3.39. The molecule has 0 spiro atoms. The van der Waals surface area contributed by atoms with Gasteiger partial charge in [0, 0.05) is 19.7 Å². The minimum Gasteiger partial charge on any atom is -0.494 e. The number of hydrogen-bond donors (Lipinski definition) is 0. The molecule has 1 aromatic rings. The number of rotatable bonds is 5. The van der Waals surface area contributed by atoms with Crippen molar-refractivity contribution >= 4 is 12.0 Å². The highest BCUT2D eigenvalue weighted by atomic mass is 16.5. The smallest absolute Gasteiger partial charge is 0.246 e. The van der Waals surface area contributed by atoms with E-state index in [1.807, 2.05) is 44.2 Å². The molecule has 0 aromatic heterocycles. The third-order valence-corrected chi connectivity index (χ3v) is 2.46. The Hall–Kier alpha value is -1.77. The van der Waals surface area contributed by atoms with E-state index in [0.717, 1.165) is 11.3 Å². The second-order valence-electron chi connectivity index (χ2n) is 3.69. The second kappa shape index (κ2) is 6.74. The predicted molar refractivity (Wildman–Crippen MR) is 70.0 cm³/mol. The quantitative estimate of drug-likeness (QED) is 0.731. The summed E-state index contributed by atoms with van der Waals surface area (Å²) in [5, 5.41) is 0. The fourth-order valence-corrected chi connectivity index (χ4v) is 1.29. The third-order valence-electron chi connectivity index (χ3n) is 2.46. The summed E-state index contributed by atoms with van der Waals surface area (Å²) in [5.74, 6) is 0.864. The first-order chi connectivity index (χ1) is 8.17.